The summed E-state index contributed by atoms with van der Waals surface area (Å²) < 4.78 is 10.1. The summed E-state index contributed by atoms with van der Waals surface area (Å²) >= 11 is 1.54. The topological polar surface area (TPSA) is 52.6 Å². The van der Waals surface area contributed by atoms with E-state index in [4.69, 9.17) is 9.47 Å². The summed E-state index contributed by atoms with van der Waals surface area (Å²) in [6.07, 6.45) is 1.69. The fourth-order valence-electron chi connectivity index (χ4n) is 1.32. The monoisotopic (exact) mass is 268 g/mol. The standard InChI is InChI=1S/C13H16O4S/c1-3-16-13(15)8-10(14)9-17-11-6-4-5-7-12(11)18-2/h4-7H,3,8-9H2,1-2H3. The highest BCUT2D eigenvalue weighted by molar-refractivity contribution is 7.98. The van der Waals surface area contributed by atoms with Gasteiger partial charge in [0, 0.05) is 4.90 Å². The molecule has 4 nitrogen and oxygen atoms in total. The molecule has 0 aliphatic heterocycles. The van der Waals surface area contributed by atoms with Gasteiger partial charge in [-0.05, 0) is 25.3 Å². The number of carbonyl (C=O) groups excluding carboxylic acids is 2. The number of hydrogen-bond acceptors (Lipinski definition) is 5. The zero-order valence-electron chi connectivity index (χ0n) is 10.5. The van der Waals surface area contributed by atoms with Crippen molar-refractivity contribution in [3.8, 4) is 5.75 Å². The van der Waals surface area contributed by atoms with E-state index in [-0.39, 0.29) is 25.4 Å². The molecule has 0 atom stereocenters. The Morgan fingerprint density at radius 1 is 1.28 bits per heavy atom. The summed E-state index contributed by atoms with van der Waals surface area (Å²) in [6, 6.07) is 7.45. The number of ketones is 1. The first-order chi connectivity index (χ1) is 8.67. The highest BCUT2D eigenvalue weighted by Gasteiger charge is 2.11. The van der Waals surface area contributed by atoms with Crippen LogP contribution in [0.25, 0.3) is 0 Å². The molecule has 0 amide bonds. The van der Waals surface area contributed by atoms with Crippen molar-refractivity contribution in [2.45, 2.75) is 18.2 Å². The quantitative estimate of drug-likeness (QED) is 0.431. The number of carbonyl (C=O) groups is 2. The van der Waals surface area contributed by atoms with Gasteiger partial charge in [0.15, 0.2) is 5.78 Å². The molecule has 18 heavy (non-hydrogen) atoms. The molecule has 1 rings (SSSR count). The van der Waals surface area contributed by atoms with Crippen LogP contribution >= 0.6 is 11.8 Å². The summed E-state index contributed by atoms with van der Waals surface area (Å²) in [6.45, 7) is 1.87. The zero-order chi connectivity index (χ0) is 13.4. The van der Waals surface area contributed by atoms with E-state index in [2.05, 4.69) is 0 Å². The summed E-state index contributed by atoms with van der Waals surface area (Å²) in [4.78, 5) is 23.5. The molecule has 0 fully saturated rings. The number of esters is 1. The third kappa shape index (κ3) is 4.79. The first-order valence-corrected chi connectivity index (χ1v) is 6.83. The van der Waals surface area contributed by atoms with Gasteiger partial charge < -0.3 is 9.47 Å². The van der Waals surface area contributed by atoms with Crippen molar-refractivity contribution in [1.29, 1.82) is 0 Å². The highest BCUT2D eigenvalue weighted by atomic mass is 32.2. The van der Waals surface area contributed by atoms with Crippen LogP contribution < -0.4 is 4.74 Å². The lowest BCUT2D eigenvalue weighted by molar-refractivity contribution is -0.145. The fourth-order valence-corrected chi connectivity index (χ4v) is 1.86. The van der Waals surface area contributed by atoms with Crippen LogP contribution in [0.3, 0.4) is 0 Å². The Morgan fingerprint density at radius 2 is 2.00 bits per heavy atom. The Bertz CT molecular complexity index is 417. The van der Waals surface area contributed by atoms with E-state index in [1.165, 1.54) is 0 Å². The first kappa shape index (κ1) is 14.6. The number of para-hydroxylation sites is 1. The fraction of sp³-hybridized carbons (Fsp3) is 0.385. The summed E-state index contributed by atoms with van der Waals surface area (Å²) in [5.74, 6) is -0.143. The minimum Gasteiger partial charge on any atom is -0.485 e. The van der Waals surface area contributed by atoms with E-state index in [0.29, 0.717) is 5.75 Å². The molecule has 0 aliphatic rings. The van der Waals surface area contributed by atoms with E-state index in [1.54, 1.807) is 24.8 Å². The molecule has 5 heteroatoms. The van der Waals surface area contributed by atoms with Crippen LogP contribution in [0.4, 0.5) is 0 Å². The maximum absolute atomic E-state index is 11.5. The number of benzene rings is 1. The molecule has 1 aromatic rings. The lowest BCUT2D eigenvalue weighted by Crippen LogP contribution is -2.17. The lowest BCUT2D eigenvalue weighted by Gasteiger charge is -2.08. The van der Waals surface area contributed by atoms with Crippen molar-refractivity contribution in [3.05, 3.63) is 24.3 Å². The van der Waals surface area contributed by atoms with Gasteiger partial charge in [-0.15, -0.1) is 11.8 Å². The molecule has 0 aliphatic carbocycles. The maximum atomic E-state index is 11.5. The van der Waals surface area contributed by atoms with Crippen LogP contribution in [0.2, 0.25) is 0 Å². The van der Waals surface area contributed by atoms with Crippen molar-refractivity contribution < 1.29 is 19.1 Å². The van der Waals surface area contributed by atoms with E-state index in [9.17, 15) is 9.59 Å². The van der Waals surface area contributed by atoms with Gasteiger partial charge in [0.1, 0.15) is 18.8 Å². The van der Waals surface area contributed by atoms with Crippen molar-refractivity contribution in [1.82, 2.24) is 0 Å². The molecule has 0 saturated carbocycles. The third-order valence-corrected chi connectivity index (χ3v) is 2.88. The third-order valence-electron chi connectivity index (χ3n) is 2.10. The normalized spacial score (nSPS) is 9.89. The second-order valence-electron chi connectivity index (χ2n) is 3.46. The molecular weight excluding hydrogens is 252 g/mol. The molecule has 0 N–H and O–H groups in total. The van der Waals surface area contributed by atoms with Gasteiger partial charge in [-0.2, -0.15) is 0 Å². The highest BCUT2D eigenvalue weighted by Crippen LogP contribution is 2.26. The van der Waals surface area contributed by atoms with Gasteiger partial charge in [-0.1, -0.05) is 12.1 Å². The molecule has 0 unspecified atom stereocenters. The van der Waals surface area contributed by atoms with E-state index >= 15 is 0 Å². The predicted molar refractivity (Wildman–Crippen MR) is 70.0 cm³/mol. The Labute approximate surface area is 111 Å². The SMILES string of the molecule is CCOC(=O)CC(=O)COc1ccccc1SC. The Kier molecular flexibility index (Phi) is 6.28. The maximum Gasteiger partial charge on any atom is 0.313 e. The minimum atomic E-state index is -0.510. The van der Waals surface area contributed by atoms with Crippen LogP contribution in [0.1, 0.15) is 13.3 Å². The molecule has 0 saturated heterocycles. The number of Topliss-reactive ketones (excluding diaryl/α,β-unsaturated/α-hetero) is 1. The van der Waals surface area contributed by atoms with E-state index < -0.39 is 5.97 Å². The van der Waals surface area contributed by atoms with Crippen molar-refractivity contribution in [2.75, 3.05) is 19.5 Å². The molecule has 0 radical (unpaired) electrons. The summed E-state index contributed by atoms with van der Waals surface area (Å²) in [7, 11) is 0. The Balaban J connectivity index is 2.45. The number of rotatable bonds is 7. The molecular formula is C13H16O4S. The van der Waals surface area contributed by atoms with Crippen molar-refractivity contribution in [3.63, 3.8) is 0 Å². The second kappa shape index (κ2) is 7.76. The average Bonchev–Trinajstić information content (AvgIpc) is 2.37. The number of thioether (sulfide) groups is 1. The predicted octanol–water partition coefficient (Wildman–Crippen LogP) is 2.31. The molecule has 1 aromatic carbocycles. The summed E-state index contributed by atoms with van der Waals surface area (Å²) in [5.41, 5.74) is 0. The van der Waals surface area contributed by atoms with Gasteiger partial charge in [-0.3, -0.25) is 9.59 Å². The van der Waals surface area contributed by atoms with Crippen LogP contribution in [-0.2, 0) is 14.3 Å². The molecule has 0 bridgehead atoms. The van der Waals surface area contributed by atoms with Gasteiger partial charge in [-0.25, -0.2) is 0 Å². The van der Waals surface area contributed by atoms with Crippen LogP contribution in [-0.4, -0.2) is 31.2 Å². The molecule has 0 spiro atoms. The molecule has 0 aromatic heterocycles. The number of ether oxygens (including phenoxy) is 2. The Morgan fingerprint density at radius 3 is 2.67 bits per heavy atom. The minimum absolute atomic E-state index is 0.115. The van der Waals surface area contributed by atoms with Crippen molar-refractivity contribution in [2.24, 2.45) is 0 Å². The lowest BCUT2D eigenvalue weighted by atomic mass is 10.3. The van der Waals surface area contributed by atoms with Crippen LogP contribution in [0.5, 0.6) is 5.75 Å². The van der Waals surface area contributed by atoms with Gasteiger partial charge in [0.25, 0.3) is 0 Å². The number of hydrogen-bond donors (Lipinski definition) is 0. The second-order valence-corrected chi connectivity index (χ2v) is 4.31. The Hall–Kier alpha value is -1.49. The van der Waals surface area contributed by atoms with Gasteiger partial charge in [0.05, 0.1) is 6.61 Å². The largest absolute Gasteiger partial charge is 0.485 e. The van der Waals surface area contributed by atoms with E-state index in [0.717, 1.165) is 4.90 Å². The first-order valence-electron chi connectivity index (χ1n) is 5.60. The van der Waals surface area contributed by atoms with Gasteiger partial charge >= 0.3 is 5.97 Å². The van der Waals surface area contributed by atoms with E-state index in [1.807, 2.05) is 24.5 Å². The molecule has 0 heterocycles. The smallest absolute Gasteiger partial charge is 0.313 e. The zero-order valence-corrected chi connectivity index (χ0v) is 11.3. The molecule has 98 valence electrons. The summed E-state index contributed by atoms with van der Waals surface area (Å²) in [5, 5.41) is 0. The van der Waals surface area contributed by atoms with Crippen molar-refractivity contribution >= 4 is 23.5 Å². The van der Waals surface area contributed by atoms with Crippen LogP contribution in [0.15, 0.2) is 29.2 Å². The van der Waals surface area contributed by atoms with Gasteiger partial charge in [0.2, 0.25) is 0 Å². The van der Waals surface area contributed by atoms with Crippen LogP contribution in [0, 0.1) is 0 Å². The average molecular weight is 268 g/mol.